The number of carboxylic acid groups (broad SMARTS) is 1. The fraction of sp³-hybridized carbons (Fsp3) is 0.286. The van der Waals surface area contributed by atoms with Crippen LogP contribution in [0.3, 0.4) is 0 Å². The van der Waals surface area contributed by atoms with E-state index >= 15 is 0 Å². The summed E-state index contributed by atoms with van der Waals surface area (Å²) < 4.78 is 1.87. The first kappa shape index (κ1) is 14.3. The minimum absolute atomic E-state index is 0.186. The minimum atomic E-state index is -0.974. The highest BCUT2D eigenvalue weighted by atomic mass is 32.1. The maximum atomic E-state index is 12.2. The lowest BCUT2D eigenvalue weighted by Gasteiger charge is -2.12. The average Bonchev–Trinajstić information content (AvgIpc) is 2.95. The molecule has 0 atom stereocenters. The number of amides is 1. The van der Waals surface area contributed by atoms with Crippen LogP contribution in [0.25, 0.3) is 0 Å². The molecule has 0 aliphatic carbocycles. The summed E-state index contributed by atoms with van der Waals surface area (Å²) in [5, 5.41) is 12.3. The van der Waals surface area contributed by atoms with Crippen LogP contribution in [0, 0.1) is 6.92 Å². The van der Waals surface area contributed by atoms with E-state index in [1.54, 1.807) is 19.1 Å². The zero-order valence-electron chi connectivity index (χ0n) is 11.5. The van der Waals surface area contributed by atoms with Crippen molar-refractivity contribution in [1.29, 1.82) is 0 Å². The summed E-state index contributed by atoms with van der Waals surface area (Å²) >= 11 is 1.07. The largest absolute Gasteiger partial charge is 0.477 e. The Labute approximate surface area is 120 Å². The first-order chi connectivity index (χ1) is 9.40. The minimum Gasteiger partial charge on any atom is -0.477 e. The van der Waals surface area contributed by atoms with Crippen molar-refractivity contribution < 1.29 is 14.7 Å². The fourth-order valence-corrected chi connectivity index (χ4v) is 2.88. The monoisotopic (exact) mass is 292 g/mol. The molecule has 0 saturated carbocycles. The van der Waals surface area contributed by atoms with Gasteiger partial charge in [0.1, 0.15) is 10.6 Å². The maximum absolute atomic E-state index is 12.2. The van der Waals surface area contributed by atoms with E-state index in [-0.39, 0.29) is 16.8 Å². The molecule has 0 bridgehead atoms. The van der Waals surface area contributed by atoms with Crippen LogP contribution >= 0.6 is 11.3 Å². The van der Waals surface area contributed by atoms with Crippen molar-refractivity contribution in [2.24, 2.45) is 0 Å². The lowest BCUT2D eigenvalue weighted by Crippen LogP contribution is -2.17. The molecule has 0 spiro atoms. The van der Waals surface area contributed by atoms with Gasteiger partial charge in [-0.15, -0.1) is 11.3 Å². The number of nitrogens with zero attached hydrogens (tertiary/aromatic N) is 1. The van der Waals surface area contributed by atoms with Gasteiger partial charge in [0.15, 0.2) is 0 Å². The molecule has 6 heteroatoms. The van der Waals surface area contributed by atoms with Crippen molar-refractivity contribution in [3.05, 3.63) is 40.5 Å². The quantitative estimate of drug-likeness (QED) is 0.907. The van der Waals surface area contributed by atoms with Crippen molar-refractivity contribution in [2.75, 3.05) is 5.32 Å². The molecule has 0 aliphatic heterocycles. The van der Waals surface area contributed by atoms with E-state index in [0.29, 0.717) is 16.3 Å². The van der Waals surface area contributed by atoms with Gasteiger partial charge in [0.2, 0.25) is 0 Å². The number of hydrogen-bond donors (Lipinski definition) is 2. The molecule has 0 radical (unpaired) electrons. The second kappa shape index (κ2) is 5.50. The number of nitrogens with one attached hydrogen (secondary N) is 1. The third kappa shape index (κ3) is 2.75. The zero-order chi connectivity index (χ0) is 14.9. The van der Waals surface area contributed by atoms with Crippen LogP contribution in [0.15, 0.2) is 24.4 Å². The highest BCUT2D eigenvalue weighted by Crippen LogP contribution is 2.27. The third-order valence-electron chi connectivity index (χ3n) is 2.92. The summed E-state index contributed by atoms with van der Waals surface area (Å²) in [6.07, 6.45) is 1.85. The molecule has 2 heterocycles. The molecule has 0 unspecified atom stereocenters. The normalized spacial score (nSPS) is 10.8. The van der Waals surface area contributed by atoms with Crippen LogP contribution in [-0.4, -0.2) is 21.6 Å². The number of hydrogen-bond acceptors (Lipinski definition) is 3. The number of anilines is 1. The zero-order valence-corrected chi connectivity index (χ0v) is 12.3. The molecular weight excluding hydrogens is 276 g/mol. The second-order valence-electron chi connectivity index (χ2n) is 4.78. The molecule has 0 saturated heterocycles. The number of carboxylic acids is 1. The van der Waals surface area contributed by atoms with E-state index in [9.17, 15) is 9.59 Å². The van der Waals surface area contributed by atoms with Crippen LogP contribution in [0.5, 0.6) is 0 Å². The highest BCUT2D eigenvalue weighted by Gasteiger charge is 2.16. The Morgan fingerprint density at radius 2 is 2.10 bits per heavy atom. The van der Waals surface area contributed by atoms with E-state index < -0.39 is 5.97 Å². The van der Waals surface area contributed by atoms with Crippen molar-refractivity contribution in [3.8, 4) is 0 Å². The van der Waals surface area contributed by atoms with E-state index in [0.717, 1.165) is 11.3 Å². The van der Waals surface area contributed by atoms with Crippen LogP contribution in [-0.2, 0) is 0 Å². The van der Waals surface area contributed by atoms with Gasteiger partial charge in [-0.2, -0.15) is 0 Å². The molecule has 2 aromatic rings. The molecule has 2 aromatic heterocycles. The van der Waals surface area contributed by atoms with Crippen LogP contribution < -0.4 is 5.32 Å². The number of rotatable bonds is 4. The lowest BCUT2D eigenvalue weighted by molar-refractivity contribution is 0.0701. The van der Waals surface area contributed by atoms with E-state index in [1.807, 2.05) is 30.7 Å². The number of aromatic nitrogens is 1. The molecular formula is C14H16N2O3S. The number of carbonyl (C=O) groups excluding carboxylic acids is 1. The van der Waals surface area contributed by atoms with Gasteiger partial charge in [-0.05, 0) is 44.5 Å². The van der Waals surface area contributed by atoms with Crippen molar-refractivity contribution in [3.63, 3.8) is 0 Å². The summed E-state index contributed by atoms with van der Waals surface area (Å²) in [4.78, 5) is 23.5. The first-order valence-electron chi connectivity index (χ1n) is 6.22. The SMILES string of the molecule is Cc1cc(NC(=O)c2cccn2C(C)C)sc1C(=O)O. The Morgan fingerprint density at radius 1 is 1.40 bits per heavy atom. The number of aromatic carboxylic acids is 1. The fourth-order valence-electron chi connectivity index (χ4n) is 1.97. The summed E-state index contributed by atoms with van der Waals surface area (Å²) in [5.74, 6) is -1.21. The average molecular weight is 292 g/mol. The topological polar surface area (TPSA) is 71.3 Å². The van der Waals surface area contributed by atoms with Crippen LogP contribution in [0.2, 0.25) is 0 Å². The Morgan fingerprint density at radius 3 is 2.65 bits per heavy atom. The van der Waals surface area contributed by atoms with E-state index in [1.165, 1.54) is 0 Å². The third-order valence-corrected chi connectivity index (χ3v) is 4.06. The van der Waals surface area contributed by atoms with E-state index in [2.05, 4.69) is 5.32 Å². The molecule has 0 aromatic carbocycles. The maximum Gasteiger partial charge on any atom is 0.346 e. The first-order valence-corrected chi connectivity index (χ1v) is 7.03. The number of aryl methyl sites for hydroxylation is 1. The van der Waals surface area contributed by atoms with E-state index in [4.69, 9.17) is 5.11 Å². The smallest absolute Gasteiger partial charge is 0.346 e. The second-order valence-corrected chi connectivity index (χ2v) is 5.83. The number of thiophene rings is 1. The van der Waals surface area contributed by atoms with Gasteiger partial charge in [0.05, 0.1) is 5.00 Å². The molecule has 20 heavy (non-hydrogen) atoms. The van der Waals surface area contributed by atoms with Crippen molar-refractivity contribution >= 4 is 28.2 Å². The van der Waals surface area contributed by atoms with Gasteiger partial charge in [0.25, 0.3) is 5.91 Å². The molecule has 5 nitrogen and oxygen atoms in total. The van der Waals surface area contributed by atoms with Crippen molar-refractivity contribution in [1.82, 2.24) is 4.57 Å². The Kier molecular flexibility index (Phi) is 3.94. The molecule has 2 rings (SSSR count). The Bertz CT molecular complexity index is 655. The predicted molar refractivity (Wildman–Crippen MR) is 78.8 cm³/mol. The summed E-state index contributed by atoms with van der Waals surface area (Å²) in [6, 6.07) is 5.42. The summed E-state index contributed by atoms with van der Waals surface area (Å²) in [7, 11) is 0. The summed E-state index contributed by atoms with van der Waals surface area (Å²) in [6.45, 7) is 5.70. The summed E-state index contributed by atoms with van der Waals surface area (Å²) in [5.41, 5.74) is 1.21. The predicted octanol–water partition coefficient (Wildman–Crippen LogP) is 3.39. The van der Waals surface area contributed by atoms with Gasteiger partial charge in [-0.3, -0.25) is 4.79 Å². The molecule has 2 N–H and O–H groups in total. The van der Waals surface area contributed by atoms with Gasteiger partial charge in [-0.1, -0.05) is 0 Å². The van der Waals surface area contributed by atoms with Crippen LogP contribution in [0.1, 0.15) is 45.6 Å². The highest BCUT2D eigenvalue weighted by molar-refractivity contribution is 7.18. The molecule has 106 valence electrons. The Balaban J connectivity index is 2.22. The van der Waals surface area contributed by atoms with Crippen LogP contribution in [0.4, 0.5) is 5.00 Å². The molecule has 0 aliphatic rings. The lowest BCUT2D eigenvalue weighted by atomic mass is 10.3. The van der Waals surface area contributed by atoms with Gasteiger partial charge in [-0.25, -0.2) is 4.79 Å². The number of carbonyl (C=O) groups is 2. The van der Waals surface area contributed by atoms with Gasteiger partial charge in [0, 0.05) is 12.2 Å². The standard InChI is InChI=1S/C14H16N2O3S/c1-8(2)16-6-4-5-10(16)13(17)15-11-7-9(3)12(20-11)14(18)19/h4-8H,1-3H3,(H,15,17)(H,18,19). The Hall–Kier alpha value is -2.08. The van der Waals surface area contributed by atoms with Gasteiger partial charge >= 0.3 is 5.97 Å². The van der Waals surface area contributed by atoms with Gasteiger partial charge < -0.3 is 15.0 Å². The molecule has 1 amide bonds. The van der Waals surface area contributed by atoms with Crippen molar-refractivity contribution in [2.45, 2.75) is 26.8 Å². The molecule has 0 fully saturated rings.